The number of hydrogen-bond acceptors (Lipinski definition) is 6. The van der Waals surface area contributed by atoms with Gasteiger partial charge in [0.25, 0.3) is 11.8 Å². The number of carbonyl (C=O) groups is 3. The summed E-state index contributed by atoms with van der Waals surface area (Å²) in [7, 11) is 0. The second-order valence-electron chi connectivity index (χ2n) is 8.96. The average molecular weight is 539 g/mol. The molecule has 0 spiro atoms. The largest absolute Gasteiger partial charge is 0.391 e. The van der Waals surface area contributed by atoms with Crippen LogP contribution in [0.4, 0.5) is 5.69 Å². The predicted octanol–water partition coefficient (Wildman–Crippen LogP) is 2.11. The Balaban J connectivity index is 1.48. The molecule has 2 atom stereocenters. The fraction of sp³-hybridized carbons (Fsp3) is 0.194. The summed E-state index contributed by atoms with van der Waals surface area (Å²) >= 11 is 0. The summed E-state index contributed by atoms with van der Waals surface area (Å²) in [5, 5.41) is 26.7. The van der Waals surface area contributed by atoms with Crippen molar-refractivity contribution in [3.05, 3.63) is 101 Å². The van der Waals surface area contributed by atoms with Gasteiger partial charge in [-0.15, -0.1) is 0 Å². The van der Waals surface area contributed by atoms with Crippen molar-refractivity contribution in [1.29, 1.82) is 0 Å². The molecule has 9 heteroatoms. The van der Waals surface area contributed by atoms with Crippen LogP contribution in [0.2, 0.25) is 0 Å². The maximum absolute atomic E-state index is 12.3. The van der Waals surface area contributed by atoms with Crippen molar-refractivity contribution < 1.29 is 24.7 Å². The van der Waals surface area contributed by atoms with Gasteiger partial charge in [0, 0.05) is 28.9 Å². The number of hydroxylamine groups is 1. The molecule has 204 valence electrons. The van der Waals surface area contributed by atoms with Crippen LogP contribution in [0.15, 0.2) is 72.8 Å². The summed E-state index contributed by atoms with van der Waals surface area (Å²) in [5.74, 6) is 9.68. The predicted molar refractivity (Wildman–Crippen MR) is 151 cm³/mol. The first-order chi connectivity index (χ1) is 19.2. The quantitative estimate of drug-likeness (QED) is 0.140. The van der Waals surface area contributed by atoms with Crippen LogP contribution in [-0.4, -0.2) is 46.7 Å². The van der Waals surface area contributed by atoms with Crippen LogP contribution >= 0.6 is 0 Å². The second-order valence-corrected chi connectivity index (χ2v) is 8.96. The molecule has 40 heavy (non-hydrogen) atoms. The summed E-state index contributed by atoms with van der Waals surface area (Å²) < 4.78 is 0. The molecule has 0 bridgehead atoms. The highest BCUT2D eigenvalue weighted by molar-refractivity contribution is 5.97. The smallest absolute Gasteiger partial charge is 0.268 e. The molecule has 0 saturated carbocycles. The van der Waals surface area contributed by atoms with Crippen molar-refractivity contribution in [3.8, 4) is 23.7 Å². The van der Waals surface area contributed by atoms with Gasteiger partial charge in [0.15, 0.2) is 0 Å². The number of carbonyl (C=O) groups excluding carboxylic acids is 3. The molecule has 3 amide bonds. The molecule has 3 aromatic carbocycles. The van der Waals surface area contributed by atoms with E-state index in [1.807, 2.05) is 25.1 Å². The van der Waals surface area contributed by atoms with E-state index in [0.29, 0.717) is 17.8 Å². The molecule has 0 unspecified atom stereocenters. The van der Waals surface area contributed by atoms with Crippen molar-refractivity contribution >= 4 is 23.4 Å². The Bertz CT molecular complexity index is 1460. The number of amides is 3. The Hall–Kier alpha value is -4.93. The third-order valence-corrected chi connectivity index (χ3v) is 5.65. The minimum Gasteiger partial charge on any atom is -0.391 e. The highest BCUT2D eigenvalue weighted by atomic mass is 16.5. The van der Waals surface area contributed by atoms with E-state index in [0.717, 1.165) is 11.1 Å². The minimum atomic E-state index is -1.30. The molecule has 6 N–H and O–H groups in total. The Morgan fingerprint density at radius 1 is 0.900 bits per heavy atom. The summed E-state index contributed by atoms with van der Waals surface area (Å²) in [4.78, 5) is 36.1. The van der Waals surface area contributed by atoms with E-state index < -0.39 is 24.0 Å². The summed E-state index contributed by atoms with van der Waals surface area (Å²) in [6.45, 7) is 4.15. The lowest BCUT2D eigenvalue weighted by Crippen LogP contribution is -2.51. The molecule has 0 saturated heterocycles. The second kappa shape index (κ2) is 14.9. The lowest BCUT2D eigenvalue weighted by Gasteiger charge is -2.19. The molecule has 0 aliphatic heterocycles. The first-order valence-corrected chi connectivity index (χ1v) is 12.5. The van der Waals surface area contributed by atoms with Crippen molar-refractivity contribution in [2.75, 3.05) is 11.9 Å². The Morgan fingerprint density at radius 3 is 2.10 bits per heavy atom. The zero-order valence-electron chi connectivity index (χ0n) is 22.1. The van der Waals surface area contributed by atoms with Crippen LogP contribution < -0.4 is 21.4 Å². The first kappa shape index (κ1) is 29.6. The van der Waals surface area contributed by atoms with Crippen LogP contribution in [0.5, 0.6) is 0 Å². The van der Waals surface area contributed by atoms with E-state index in [4.69, 9.17) is 5.21 Å². The SMILES string of the molecule is Cc1cccc(CNCC(=O)Nc2ccc(C#CC#Cc3ccc(C(=O)N[C@H](C(=O)NO)[C@@H](C)O)cc3)cc2)c1. The van der Waals surface area contributed by atoms with Gasteiger partial charge in [-0.05, 0) is 79.8 Å². The Labute approximate surface area is 233 Å². The molecule has 0 fully saturated rings. The van der Waals surface area contributed by atoms with Crippen molar-refractivity contribution in [3.63, 3.8) is 0 Å². The molecule has 0 aromatic heterocycles. The molecule has 0 aliphatic rings. The normalized spacial score (nSPS) is 11.5. The van der Waals surface area contributed by atoms with Gasteiger partial charge in [-0.1, -0.05) is 41.7 Å². The molecule has 9 nitrogen and oxygen atoms in total. The fourth-order valence-electron chi connectivity index (χ4n) is 3.60. The van der Waals surface area contributed by atoms with Crippen LogP contribution in [0, 0.1) is 30.6 Å². The van der Waals surface area contributed by atoms with E-state index >= 15 is 0 Å². The number of aryl methyl sites for hydroxylation is 1. The summed E-state index contributed by atoms with van der Waals surface area (Å²) in [5.41, 5.74) is 5.99. The zero-order valence-corrected chi connectivity index (χ0v) is 22.1. The summed E-state index contributed by atoms with van der Waals surface area (Å²) in [6, 6.07) is 20.2. The number of benzene rings is 3. The van der Waals surface area contributed by atoms with E-state index in [-0.39, 0.29) is 18.0 Å². The van der Waals surface area contributed by atoms with E-state index in [1.54, 1.807) is 36.4 Å². The first-order valence-electron chi connectivity index (χ1n) is 12.5. The number of aliphatic hydroxyl groups is 1. The van der Waals surface area contributed by atoms with Gasteiger partial charge in [-0.2, -0.15) is 0 Å². The molecule has 0 radical (unpaired) electrons. The Kier molecular flexibility index (Phi) is 11.0. The van der Waals surface area contributed by atoms with E-state index in [1.165, 1.54) is 30.1 Å². The van der Waals surface area contributed by atoms with Crippen molar-refractivity contribution in [1.82, 2.24) is 16.1 Å². The van der Waals surface area contributed by atoms with Gasteiger partial charge < -0.3 is 21.1 Å². The molecule has 3 rings (SSSR count). The van der Waals surface area contributed by atoms with Gasteiger partial charge >= 0.3 is 0 Å². The molecule has 0 aliphatic carbocycles. The maximum atomic E-state index is 12.3. The molecule has 0 heterocycles. The van der Waals surface area contributed by atoms with Crippen LogP contribution in [0.25, 0.3) is 0 Å². The van der Waals surface area contributed by atoms with Crippen molar-refractivity contribution in [2.45, 2.75) is 32.5 Å². The van der Waals surface area contributed by atoms with E-state index in [9.17, 15) is 19.5 Å². The molecule has 3 aromatic rings. The van der Waals surface area contributed by atoms with Gasteiger partial charge in [0.05, 0.1) is 12.6 Å². The van der Waals surface area contributed by atoms with E-state index in [2.05, 4.69) is 45.7 Å². The number of aliphatic hydroxyl groups excluding tert-OH is 1. The zero-order chi connectivity index (χ0) is 28.9. The van der Waals surface area contributed by atoms with Gasteiger partial charge in [-0.25, -0.2) is 5.48 Å². The minimum absolute atomic E-state index is 0.140. The fourth-order valence-corrected chi connectivity index (χ4v) is 3.60. The van der Waals surface area contributed by atoms with Gasteiger partial charge in [0.1, 0.15) is 6.04 Å². The molecular weight excluding hydrogens is 508 g/mol. The average Bonchev–Trinajstić information content (AvgIpc) is 2.94. The highest BCUT2D eigenvalue weighted by Gasteiger charge is 2.25. The standard InChI is InChI=1S/C31H30N4O5/c1-21-6-5-9-25(18-21)19-32-20-28(37)33-27-16-12-24(13-17-27)8-4-3-7-23-10-14-26(15-11-23)30(38)34-29(22(2)36)31(39)35-40/h5-6,9-18,22,29,32,36,40H,19-20H2,1-2H3,(H,33,37)(H,34,38)(H,35,39)/t22-,29+/m1/s1. The number of nitrogens with one attached hydrogen (secondary N) is 4. The topological polar surface area (TPSA) is 140 Å². The van der Waals surface area contributed by atoms with Crippen LogP contribution in [-0.2, 0) is 16.1 Å². The number of hydrogen-bond donors (Lipinski definition) is 6. The third-order valence-electron chi connectivity index (χ3n) is 5.65. The third kappa shape index (κ3) is 9.43. The molecular formula is C31H30N4O5. The number of rotatable bonds is 9. The van der Waals surface area contributed by atoms with Gasteiger partial charge in [0.2, 0.25) is 5.91 Å². The lowest BCUT2D eigenvalue weighted by molar-refractivity contribution is -0.133. The Morgan fingerprint density at radius 2 is 1.52 bits per heavy atom. The monoisotopic (exact) mass is 538 g/mol. The summed E-state index contributed by atoms with van der Waals surface area (Å²) in [6.07, 6.45) is -1.20. The lowest BCUT2D eigenvalue weighted by atomic mass is 10.1. The maximum Gasteiger partial charge on any atom is 0.268 e. The van der Waals surface area contributed by atoms with Crippen LogP contribution in [0.1, 0.15) is 39.5 Å². The van der Waals surface area contributed by atoms with Crippen LogP contribution in [0.3, 0.4) is 0 Å². The number of anilines is 1. The van der Waals surface area contributed by atoms with Gasteiger partial charge in [-0.3, -0.25) is 19.6 Å². The highest BCUT2D eigenvalue weighted by Crippen LogP contribution is 2.09. The van der Waals surface area contributed by atoms with Crippen molar-refractivity contribution in [2.24, 2.45) is 0 Å².